The molecule has 0 fully saturated rings. The van der Waals surface area contributed by atoms with Crippen LogP contribution in [0.15, 0.2) is 54.7 Å². The fraction of sp³-hybridized carbons (Fsp3) is 0.394. The molecule has 238 valence electrons. The van der Waals surface area contributed by atoms with Gasteiger partial charge in [-0.05, 0) is 48.9 Å². The van der Waals surface area contributed by atoms with Gasteiger partial charge < -0.3 is 20.9 Å². The van der Waals surface area contributed by atoms with E-state index in [1.54, 1.807) is 24.3 Å². The molecule has 2 aromatic carbocycles. The molecule has 0 radical (unpaired) electrons. The highest BCUT2D eigenvalue weighted by molar-refractivity contribution is 8.14. The number of likely N-dealkylation sites (N-methyl/N-ethyl adjacent to an activating group) is 1. The number of para-hydroxylation sites is 1. The van der Waals surface area contributed by atoms with Crippen LogP contribution in [0.5, 0.6) is 0 Å². The summed E-state index contributed by atoms with van der Waals surface area (Å²) >= 11 is 0.839. The largest absolute Gasteiger partial charge is 0.361 e. The van der Waals surface area contributed by atoms with Gasteiger partial charge in [-0.25, -0.2) is 0 Å². The molecule has 4 rings (SSSR count). The van der Waals surface area contributed by atoms with E-state index in [-0.39, 0.29) is 54.6 Å². The number of aromatic amines is 1. The maximum atomic E-state index is 13.6. The smallest absolute Gasteiger partial charge is 0.261 e. The molecule has 0 saturated carbocycles. The Morgan fingerprint density at radius 2 is 1.49 bits per heavy atom. The molecule has 12 heteroatoms. The molecule has 4 N–H and O–H groups in total. The van der Waals surface area contributed by atoms with Crippen LogP contribution in [0.25, 0.3) is 10.9 Å². The first-order chi connectivity index (χ1) is 21.5. The number of carbonyl (C=O) groups excluding carboxylic acids is 6. The maximum absolute atomic E-state index is 13.6. The van der Waals surface area contributed by atoms with Crippen molar-refractivity contribution in [1.82, 2.24) is 25.8 Å². The van der Waals surface area contributed by atoms with Gasteiger partial charge in [-0.15, -0.1) is 0 Å². The number of nitrogens with one attached hydrogen (secondary N) is 4. The SMILES string of the molecule is CNC(=O)[C@H](Cc1c[nH]c2ccccc12)NC(=O)[C@H](CC(C)C)NC(=O)C(CCCN1C(=O)c2ccccc2C1=O)SC(C)=O. The minimum absolute atomic E-state index is 0.0286. The van der Waals surface area contributed by atoms with Gasteiger partial charge in [0.2, 0.25) is 17.7 Å². The summed E-state index contributed by atoms with van der Waals surface area (Å²) in [5.74, 6) is -2.14. The molecular weight excluding hydrogens is 594 g/mol. The summed E-state index contributed by atoms with van der Waals surface area (Å²) in [6.07, 6.45) is 2.83. The van der Waals surface area contributed by atoms with E-state index in [9.17, 15) is 28.8 Å². The van der Waals surface area contributed by atoms with Crippen LogP contribution in [0.1, 0.15) is 66.3 Å². The molecule has 0 spiro atoms. The van der Waals surface area contributed by atoms with Crippen molar-refractivity contribution >= 4 is 57.3 Å². The Morgan fingerprint density at radius 3 is 2.11 bits per heavy atom. The number of aromatic nitrogens is 1. The Morgan fingerprint density at radius 1 is 0.867 bits per heavy atom. The van der Waals surface area contributed by atoms with Gasteiger partial charge in [0, 0.05) is 44.0 Å². The molecule has 1 unspecified atom stereocenters. The van der Waals surface area contributed by atoms with E-state index in [2.05, 4.69) is 20.9 Å². The minimum atomic E-state index is -0.959. The number of hydrogen-bond donors (Lipinski definition) is 4. The van der Waals surface area contributed by atoms with Gasteiger partial charge in [-0.3, -0.25) is 33.7 Å². The predicted molar refractivity (Wildman–Crippen MR) is 172 cm³/mol. The summed E-state index contributed by atoms with van der Waals surface area (Å²) in [4.78, 5) is 81.8. The molecule has 45 heavy (non-hydrogen) atoms. The van der Waals surface area contributed by atoms with Crippen molar-refractivity contribution in [3.05, 3.63) is 71.4 Å². The fourth-order valence-electron chi connectivity index (χ4n) is 5.46. The second-order valence-electron chi connectivity index (χ2n) is 11.5. The first-order valence-corrected chi connectivity index (χ1v) is 15.9. The van der Waals surface area contributed by atoms with Crippen molar-refractivity contribution in [3.8, 4) is 0 Å². The quantitative estimate of drug-likeness (QED) is 0.199. The number of H-pyrrole nitrogens is 1. The Labute approximate surface area is 266 Å². The van der Waals surface area contributed by atoms with E-state index in [0.717, 1.165) is 33.1 Å². The zero-order valence-corrected chi connectivity index (χ0v) is 26.7. The predicted octanol–water partition coefficient (Wildman–Crippen LogP) is 3.20. The molecule has 3 atom stereocenters. The number of nitrogens with zero attached hydrogens (tertiary/aromatic N) is 1. The van der Waals surface area contributed by atoms with Crippen LogP contribution in [0, 0.1) is 5.92 Å². The molecule has 2 heterocycles. The van der Waals surface area contributed by atoms with Crippen LogP contribution < -0.4 is 16.0 Å². The first-order valence-electron chi connectivity index (χ1n) is 15.0. The highest BCUT2D eigenvalue weighted by Gasteiger charge is 2.35. The second-order valence-corrected chi connectivity index (χ2v) is 12.9. The third-order valence-corrected chi connectivity index (χ3v) is 8.71. The number of hydrogen-bond acceptors (Lipinski definition) is 7. The normalized spacial score (nSPS) is 14.6. The van der Waals surface area contributed by atoms with Crippen molar-refractivity contribution in [3.63, 3.8) is 0 Å². The minimum Gasteiger partial charge on any atom is -0.361 e. The Kier molecular flexibility index (Phi) is 11.2. The van der Waals surface area contributed by atoms with Crippen molar-refractivity contribution in [2.24, 2.45) is 5.92 Å². The van der Waals surface area contributed by atoms with Crippen molar-refractivity contribution in [1.29, 1.82) is 0 Å². The van der Waals surface area contributed by atoms with Gasteiger partial charge in [-0.1, -0.05) is 55.9 Å². The van der Waals surface area contributed by atoms with E-state index in [1.165, 1.54) is 14.0 Å². The van der Waals surface area contributed by atoms with E-state index in [1.807, 2.05) is 44.3 Å². The van der Waals surface area contributed by atoms with E-state index < -0.39 is 29.1 Å². The van der Waals surface area contributed by atoms with E-state index >= 15 is 0 Å². The second kappa shape index (κ2) is 15.0. The van der Waals surface area contributed by atoms with Gasteiger partial charge in [0.15, 0.2) is 5.12 Å². The molecular formula is C33H39N5O6S. The zero-order chi connectivity index (χ0) is 32.7. The van der Waals surface area contributed by atoms with Crippen LogP contribution in [-0.4, -0.2) is 75.5 Å². The lowest BCUT2D eigenvalue weighted by molar-refractivity contribution is -0.132. The Balaban J connectivity index is 1.43. The van der Waals surface area contributed by atoms with Gasteiger partial charge in [0.05, 0.1) is 16.4 Å². The van der Waals surface area contributed by atoms with Crippen molar-refractivity contribution in [2.45, 2.75) is 63.8 Å². The first kappa shape index (κ1) is 33.4. The highest BCUT2D eigenvalue weighted by atomic mass is 32.2. The maximum Gasteiger partial charge on any atom is 0.261 e. The summed E-state index contributed by atoms with van der Waals surface area (Å²) in [7, 11) is 1.50. The van der Waals surface area contributed by atoms with Crippen molar-refractivity contribution in [2.75, 3.05) is 13.6 Å². The standard InChI is InChI=1S/C33H39N5O6S/c1-19(2)16-26(30(41)36-27(29(40)34-4)17-21-18-35-25-13-8-7-10-22(21)25)37-31(42)28(45-20(3)39)14-9-15-38-32(43)23-11-5-6-12-24(23)33(38)44/h5-8,10-13,18-19,26-28,35H,9,14-17H2,1-4H3,(H,34,40)(H,36,41)(H,37,42)/t26-,27-,28?/m0/s1. The molecule has 0 saturated heterocycles. The van der Waals surface area contributed by atoms with Crippen molar-refractivity contribution < 1.29 is 28.8 Å². The number of fused-ring (bicyclic) bond motifs is 2. The lowest BCUT2D eigenvalue weighted by Gasteiger charge is -2.25. The summed E-state index contributed by atoms with van der Waals surface area (Å²) < 4.78 is 0. The number of rotatable bonds is 14. The molecule has 1 aliphatic rings. The number of benzene rings is 2. The number of amides is 5. The third-order valence-electron chi connectivity index (χ3n) is 7.65. The lowest BCUT2D eigenvalue weighted by Crippen LogP contribution is -2.55. The highest BCUT2D eigenvalue weighted by Crippen LogP contribution is 2.25. The molecule has 5 amide bonds. The lowest BCUT2D eigenvalue weighted by atomic mass is 10.0. The van der Waals surface area contributed by atoms with Gasteiger partial charge in [0.1, 0.15) is 12.1 Å². The fourth-order valence-corrected chi connectivity index (χ4v) is 6.32. The monoisotopic (exact) mass is 633 g/mol. The third kappa shape index (κ3) is 8.18. The van der Waals surface area contributed by atoms with Crippen LogP contribution in [0.3, 0.4) is 0 Å². The van der Waals surface area contributed by atoms with Crippen LogP contribution in [-0.2, 0) is 25.6 Å². The summed E-state index contributed by atoms with van der Waals surface area (Å²) in [6.45, 7) is 5.27. The van der Waals surface area contributed by atoms with E-state index in [4.69, 9.17) is 0 Å². The van der Waals surface area contributed by atoms with Crippen LogP contribution in [0.4, 0.5) is 0 Å². The number of carbonyl (C=O) groups is 6. The van der Waals surface area contributed by atoms with Gasteiger partial charge >= 0.3 is 0 Å². The Bertz CT molecular complexity index is 1570. The summed E-state index contributed by atoms with van der Waals surface area (Å²) in [5.41, 5.74) is 2.46. The number of imide groups is 1. The summed E-state index contributed by atoms with van der Waals surface area (Å²) in [5, 5.41) is 8.05. The van der Waals surface area contributed by atoms with Gasteiger partial charge in [0.25, 0.3) is 11.8 Å². The molecule has 0 aliphatic carbocycles. The average Bonchev–Trinajstić information content (AvgIpc) is 3.53. The topological polar surface area (TPSA) is 158 Å². The zero-order valence-electron chi connectivity index (χ0n) is 25.8. The van der Waals surface area contributed by atoms with E-state index in [0.29, 0.717) is 17.5 Å². The van der Waals surface area contributed by atoms with Crippen LogP contribution >= 0.6 is 11.8 Å². The summed E-state index contributed by atoms with van der Waals surface area (Å²) in [6, 6.07) is 12.4. The molecule has 3 aromatic rings. The molecule has 11 nitrogen and oxygen atoms in total. The number of thioether (sulfide) groups is 1. The molecule has 1 aliphatic heterocycles. The van der Waals surface area contributed by atoms with Crippen LogP contribution in [0.2, 0.25) is 0 Å². The van der Waals surface area contributed by atoms with Gasteiger partial charge in [-0.2, -0.15) is 0 Å². The molecule has 1 aromatic heterocycles. The molecule has 0 bridgehead atoms. The average molecular weight is 634 g/mol. The Hall–Kier alpha value is -4.45.